The predicted octanol–water partition coefficient (Wildman–Crippen LogP) is 3.93. The van der Waals surface area contributed by atoms with Gasteiger partial charge in [0.25, 0.3) is 0 Å². The molecule has 2 heterocycles. The Hall–Kier alpha value is -1.72. The number of thiazole rings is 1. The number of nitrogens with zero attached hydrogens (tertiary/aromatic N) is 2. The van der Waals surface area contributed by atoms with E-state index in [1.54, 1.807) is 11.3 Å². The first kappa shape index (κ1) is 17.1. The van der Waals surface area contributed by atoms with Crippen LogP contribution in [0.4, 0.5) is 5.69 Å². The van der Waals surface area contributed by atoms with Gasteiger partial charge in [0.15, 0.2) is 0 Å². The molecular formula is C19H25N3OS. The van der Waals surface area contributed by atoms with E-state index in [0.29, 0.717) is 6.42 Å². The minimum absolute atomic E-state index is 0.00137. The summed E-state index contributed by atoms with van der Waals surface area (Å²) in [6.45, 7) is 7.30. The molecule has 0 unspecified atom stereocenters. The third kappa shape index (κ3) is 4.65. The van der Waals surface area contributed by atoms with Crippen molar-refractivity contribution in [1.29, 1.82) is 0 Å². The average molecular weight is 343 g/mol. The molecule has 0 aliphatic carbocycles. The van der Waals surface area contributed by atoms with Crippen molar-refractivity contribution < 1.29 is 4.79 Å². The van der Waals surface area contributed by atoms with Gasteiger partial charge in [0, 0.05) is 11.1 Å². The highest BCUT2D eigenvalue weighted by Crippen LogP contribution is 2.19. The third-order valence-electron chi connectivity index (χ3n) is 4.42. The molecule has 0 bridgehead atoms. The van der Waals surface area contributed by atoms with Crippen LogP contribution in [-0.2, 0) is 17.8 Å². The first-order valence-corrected chi connectivity index (χ1v) is 9.51. The number of anilines is 1. The summed E-state index contributed by atoms with van der Waals surface area (Å²) in [6, 6.07) is 6.10. The molecule has 1 saturated heterocycles. The van der Waals surface area contributed by atoms with Crippen molar-refractivity contribution >= 4 is 22.9 Å². The van der Waals surface area contributed by atoms with Crippen LogP contribution in [0.1, 0.15) is 41.1 Å². The molecule has 0 spiro atoms. The summed E-state index contributed by atoms with van der Waals surface area (Å²) in [7, 11) is 0. The minimum Gasteiger partial charge on any atom is -0.325 e. The number of benzene rings is 1. The van der Waals surface area contributed by atoms with Crippen LogP contribution in [0, 0.1) is 13.8 Å². The number of amides is 1. The van der Waals surface area contributed by atoms with E-state index in [1.165, 1.54) is 32.4 Å². The van der Waals surface area contributed by atoms with Gasteiger partial charge in [0.1, 0.15) is 5.01 Å². The third-order valence-corrected chi connectivity index (χ3v) is 5.30. The number of carbonyl (C=O) groups excluding carboxylic acids is 1. The number of nitrogens with one attached hydrogen (secondary N) is 1. The van der Waals surface area contributed by atoms with Crippen LogP contribution in [0.2, 0.25) is 0 Å². The molecule has 1 fully saturated rings. The lowest BCUT2D eigenvalue weighted by Gasteiger charge is -2.25. The second-order valence-electron chi connectivity index (χ2n) is 6.61. The molecule has 1 N–H and O–H groups in total. The number of carbonyl (C=O) groups is 1. The van der Waals surface area contributed by atoms with Crippen molar-refractivity contribution in [2.24, 2.45) is 0 Å². The van der Waals surface area contributed by atoms with Crippen LogP contribution in [0.3, 0.4) is 0 Å². The molecule has 0 saturated carbocycles. The summed E-state index contributed by atoms with van der Waals surface area (Å²) < 4.78 is 0. The highest BCUT2D eigenvalue weighted by Gasteiger charge is 2.14. The topological polar surface area (TPSA) is 45.2 Å². The molecule has 1 aliphatic rings. The molecule has 3 rings (SSSR count). The summed E-state index contributed by atoms with van der Waals surface area (Å²) in [4.78, 5) is 19.4. The molecule has 1 amide bonds. The van der Waals surface area contributed by atoms with E-state index < -0.39 is 0 Å². The van der Waals surface area contributed by atoms with Crippen LogP contribution >= 0.6 is 11.3 Å². The lowest BCUT2D eigenvalue weighted by atomic mass is 10.1. The van der Waals surface area contributed by atoms with Crippen molar-refractivity contribution in [3.05, 3.63) is 45.4 Å². The van der Waals surface area contributed by atoms with Crippen LogP contribution in [0.25, 0.3) is 0 Å². The monoisotopic (exact) mass is 343 g/mol. The van der Waals surface area contributed by atoms with Gasteiger partial charge in [-0.3, -0.25) is 9.69 Å². The number of rotatable bonds is 5. The quantitative estimate of drug-likeness (QED) is 0.895. The van der Waals surface area contributed by atoms with E-state index >= 15 is 0 Å². The lowest BCUT2D eigenvalue weighted by molar-refractivity contribution is -0.115. The van der Waals surface area contributed by atoms with Crippen molar-refractivity contribution in [1.82, 2.24) is 9.88 Å². The number of aryl methyl sites for hydroxylation is 2. The second-order valence-corrected chi connectivity index (χ2v) is 7.56. The van der Waals surface area contributed by atoms with E-state index in [4.69, 9.17) is 0 Å². The molecular weight excluding hydrogens is 318 g/mol. The number of piperidine rings is 1. The van der Waals surface area contributed by atoms with Crippen LogP contribution in [0.15, 0.2) is 23.6 Å². The minimum atomic E-state index is -0.00137. The number of likely N-dealkylation sites (tertiary alicyclic amines) is 1. The fourth-order valence-corrected chi connectivity index (χ4v) is 3.88. The molecule has 0 radical (unpaired) electrons. The number of hydrogen-bond acceptors (Lipinski definition) is 4. The normalized spacial score (nSPS) is 15.4. The van der Waals surface area contributed by atoms with Gasteiger partial charge in [-0.05, 0) is 57.0 Å². The Bertz CT molecular complexity index is 704. The smallest absolute Gasteiger partial charge is 0.230 e. The van der Waals surface area contributed by atoms with Crippen molar-refractivity contribution in [3.8, 4) is 0 Å². The maximum Gasteiger partial charge on any atom is 0.230 e. The molecule has 4 nitrogen and oxygen atoms in total. The van der Waals surface area contributed by atoms with Crippen molar-refractivity contribution in [2.45, 2.75) is 46.1 Å². The Balaban J connectivity index is 1.55. The summed E-state index contributed by atoms with van der Waals surface area (Å²) >= 11 is 1.66. The van der Waals surface area contributed by atoms with Crippen molar-refractivity contribution in [3.63, 3.8) is 0 Å². The molecule has 0 atom stereocenters. The number of hydrogen-bond donors (Lipinski definition) is 1. The average Bonchev–Trinajstić information content (AvgIpc) is 2.98. The molecule has 1 aromatic heterocycles. The Morgan fingerprint density at radius 1 is 1.25 bits per heavy atom. The van der Waals surface area contributed by atoms with E-state index in [9.17, 15) is 4.79 Å². The van der Waals surface area contributed by atoms with Crippen molar-refractivity contribution in [2.75, 3.05) is 18.4 Å². The molecule has 1 aromatic carbocycles. The summed E-state index contributed by atoms with van der Waals surface area (Å²) in [5, 5.41) is 6.14. The highest BCUT2D eigenvalue weighted by molar-refractivity contribution is 7.09. The zero-order valence-corrected chi connectivity index (χ0v) is 15.3. The molecule has 128 valence electrons. The van der Waals surface area contributed by atoms with Gasteiger partial charge >= 0.3 is 0 Å². The Kier molecular flexibility index (Phi) is 5.63. The van der Waals surface area contributed by atoms with Gasteiger partial charge in [-0.25, -0.2) is 4.98 Å². The maximum absolute atomic E-state index is 12.3. The summed E-state index contributed by atoms with van der Waals surface area (Å²) in [6.07, 6.45) is 4.26. The summed E-state index contributed by atoms with van der Waals surface area (Å²) in [5.74, 6) is -0.00137. The molecule has 2 aromatic rings. The molecule has 1 aliphatic heterocycles. The SMILES string of the molecule is Cc1ccc(C)c(NC(=O)Cc2csc(CN3CCCCC3)n2)c1. The van der Waals surface area contributed by atoms with Gasteiger partial charge in [-0.2, -0.15) is 0 Å². The lowest BCUT2D eigenvalue weighted by Crippen LogP contribution is -2.29. The fourth-order valence-electron chi connectivity index (χ4n) is 3.04. The molecule has 5 heteroatoms. The van der Waals surface area contributed by atoms with E-state index in [2.05, 4.69) is 21.3 Å². The van der Waals surface area contributed by atoms with Gasteiger partial charge in [-0.1, -0.05) is 18.6 Å². The first-order valence-electron chi connectivity index (χ1n) is 8.63. The van der Waals surface area contributed by atoms with Crippen LogP contribution in [-0.4, -0.2) is 28.9 Å². The Morgan fingerprint density at radius 3 is 2.83 bits per heavy atom. The maximum atomic E-state index is 12.3. The Morgan fingerprint density at radius 2 is 2.04 bits per heavy atom. The molecule has 24 heavy (non-hydrogen) atoms. The van der Waals surface area contributed by atoms with E-state index in [0.717, 1.165) is 34.1 Å². The fraction of sp³-hybridized carbons (Fsp3) is 0.474. The summed E-state index contributed by atoms with van der Waals surface area (Å²) in [5.41, 5.74) is 3.99. The van der Waals surface area contributed by atoms with E-state index in [-0.39, 0.29) is 5.91 Å². The van der Waals surface area contributed by atoms with Gasteiger partial charge < -0.3 is 5.32 Å². The van der Waals surface area contributed by atoms with Crippen LogP contribution in [0.5, 0.6) is 0 Å². The van der Waals surface area contributed by atoms with Gasteiger partial charge in [-0.15, -0.1) is 11.3 Å². The number of aromatic nitrogens is 1. The van der Waals surface area contributed by atoms with Gasteiger partial charge in [0.2, 0.25) is 5.91 Å². The van der Waals surface area contributed by atoms with Crippen LogP contribution < -0.4 is 5.32 Å². The largest absolute Gasteiger partial charge is 0.325 e. The highest BCUT2D eigenvalue weighted by atomic mass is 32.1. The zero-order chi connectivity index (χ0) is 16.9. The second kappa shape index (κ2) is 7.90. The standard InChI is InChI=1S/C19H25N3OS/c1-14-6-7-15(2)17(10-14)21-18(23)11-16-13-24-19(20-16)12-22-8-4-3-5-9-22/h6-7,10,13H,3-5,8-9,11-12H2,1-2H3,(H,21,23). The Labute approximate surface area is 147 Å². The van der Waals surface area contributed by atoms with Gasteiger partial charge in [0.05, 0.1) is 18.7 Å². The predicted molar refractivity (Wildman–Crippen MR) is 99.5 cm³/mol. The first-order chi connectivity index (χ1) is 11.6. The zero-order valence-electron chi connectivity index (χ0n) is 14.5. The van der Waals surface area contributed by atoms with E-state index in [1.807, 2.05) is 31.4 Å².